The SMILES string of the molecule is N=C(N)CN=Cc1cocc1C=NCC(=N)N. The molecular weight excluding hydrogens is 220 g/mol. The molecule has 0 fully saturated rings. The van der Waals surface area contributed by atoms with Gasteiger partial charge in [-0.25, -0.2) is 0 Å². The molecule has 6 N–H and O–H groups in total. The topological polar surface area (TPSA) is 138 Å². The standard InChI is InChI=1S/C10H14N6O/c11-9(12)3-15-1-7-5-17-6-8(7)2-16-4-10(13)14/h1-2,5-6H,3-4H2,(H3,11,12)(H3,13,14). The van der Waals surface area contributed by atoms with Crippen molar-refractivity contribution < 1.29 is 4.42 Å². The van der Waals surface area contributed by atoms with E-state index in [1.807, 2.05) is 0 Å². The second-order valence-corrected chi connectivity index (χ2v) is 3.27. The highest BCUT2D eigenvalue weighted by Crippen LogP contribution is 2.05. The quantitative estimate of drug-likeness (QED) is 0.406. The number of hydrogen-bond donors (Lipinski definition) is 4. The summed E-state index contributed by atoms with van der Waals surface area (Å²) in [5.74, 6) is -0.00640. The van der Waals surface area contributed by atoms with Crippen LogP contribution in [-0.2, 0) is 0 Å². The molecule has 0 atom stereocenters. The number of amidine groups is 2. The van der Waals surface area contributed by atoms with Gasteiger partial charge >= 0.3 is 0 Å². The minimum Gasteiger partial charge on any atom is -0.471 e. The van der Waals surface area contributed by atoms with Crippen molar-refractivity contribution in [2.75, 3.05) is 13.1 Å². The molecule has 1 aromatic rings. The van der Waals surface area contributed by atoms with Gasteiger partial charge in [0.25, 0.3) is 0 Å². The number of furan rings is 1. The van der Waals surface area contributed by atoms with E-state index >= 15 is 0 Å². The second kappa shape index (κ2) is 6.21. The zero-order valence-electron chi connectivity index (χ0n) is 9.18. The van der Waals surface area contributed by atoms with Gasteiger partial charge in [0.05, 0.1) is 25.6 Å². The van der Waals surface area contributed by atoms with Gasteiger partial charge in [0, 0.05) is 23.6 Å². The first-order valence-corrected chi connectivity index (χ1v) is 4.81. The predicted molar refractivity (Wildman–Crippen MR) is 67.5 cm³/mol. The lowest BCUT2D eigenvalue weighted by atomic mass is 10.2. The molecule has 17 heavy (non-hydrogen) atoms. The van der Waals surface area contributed by atoms with E-state index in [2.05, 4.69) is 9.98 Å². The summed E-state index contributed by atoms with van der Waals surface area (Å²) < 4.78 is 5.01. The van der Waals surface area contributed by atoms with Crippen LogP contribution in [0.15, 0.2) is 26.9 Å². The molecule has 0 amide bonds. The van der Waals surface area contributed by atoms with E-state index < -0.39 is 0 Å². The van der Waals surface area contributed by atoms with Crippen LogP contribution in [0.1, 0.15) is 11.1 Å². The Hall–Kier alpha value is -2.44. The molecule has 0 saturated carbocycles. The number of rotatable bonds is 6. The Bertz CT molecular complexity index is 419. The van der Waals surface area contributed by atoms with E-state index in [0.717, 1.165) is 11.1 Å². The fraction of sp³-hybridized carbons (Fsp3) is 0.200. The highest BCUT2D eigenvalue weighted by Gasteiger charge is 1.99. The van der Waals surface area contributed by atoms with Crippen LogP contribution in [0.5, 0.6) is 0 Å². The molecule has 0 aromatic carbocycles. The van der Waals surface area contributed by atoms with Crippen molar-refractivity contribution >= 4 is 24.1 Å². The van der Waals surface area contributed by atoms with Crippen LogP contribution in [0.25, 0.3) is 0 Å². The third-order valence-corrected chi connectivity index (χ3v) is 1.71. The van der Waals surface area contributed by atoms with Crippen molar-refractivity contribution in [3.8, 4) is 0 Å². The van der Waals surface area contributed by atoms with Crippen LogP contribution in [0.4, 0.5) is 0 Å². The molecule has 0 aliphatic rings. The summed E-state index contributed by atoms with van der Waals surface area (Å²) >= 11 is 0. The van der Waals surface area contributed by atoms with E-state index in [0.29, 0.717) is 0 Å². The summed E-state index contributed by atoms with van der Waals surface area (Å²) in [5.41, 5.74) is 11.8. The Balaban J connectivity index is 2.65. The van der Waals surface area contributed by atoms with Crippen molar-refractivity contribution in [1.82, 2.24) is 0 Å². The number of nitrogens with one attached hydrogen (secondary N) is 2. The lowest BCUT2D eigenvalue weighted by Crippen LogP contribution is -2.13. The van der Waals surface area contributed by atoms with Gasteiger partial charge in [-0.1, -0.05) is 0 Å². The van der Waals surface area contributed by atoms with Gasteiger partial charge in [-0.15, -0.1) is 0 Å². The molecule has 0 aliphatic heterocycles. The zero-order chi connectivity index (χ0) is 12.7. The summed E-state index contributed by atoms with van der Waals surface area (Å²) in [6.07, 6.45) is 6.14. The summed E-state index contributed by atoms with van der Waals surface area (Å²) in [6, 6.07) is 0. The fourth-order valence-electron chi connectivity index (χ4n) is 1.01. The lowest BCUT2D eigenvalue weighted by molar-refractivity contribution is 0.566. The van der Waals surface area contributed by atoms with Crippen molar-refractivity contribution in [2.24, 2.45) is 21.5 Å². The fourth-order valence-corrected chi connectivity index (χ4v) is 1.01. The Morgan fingerprint density at radius 1 is 1.06 bits per heavy atom. The van der Waals surface area contributed by atoms with Gasteiger partial charge in [-0.05, 0) is 0 Å². The van der Waals surface area contributed by atoms with Gasteiger partial charge in [0.15, 0.2) is 0 Å². The maximum absolute atomic E-state index is 7.01. The van der Waals surface area contributed by atoms with Crippen LogP contribution in [-0.4, -0.2) is 37.2 Å². The molecule has 0 bridgehead atoms. The Labute approximate surface area is 98.3 Å². The first kappa shape index (κ1) is 12.6. The van der Waals surface area contributed by atoms with Crippen LogP contribution >= 0.6 is 0 Å². The molecular formula is C10H14N6O. The highest BCUT2D eigenvalue weighted by molar-refractivity contribution is 5.95. The van der Waals surface area contributed by atoms with Crippen LogP contribution < -0.4 is 11.5 Å². The van der Waals surface area contributed by atoms with Crippen molar-refractivity contribution in [2.45, 2.75) is 0 Å². The van der Waals surface area contributed by atoms with E-state index in [-0.39, 0.29) is 24.8 Å². The molecule has 1 rings (SSSR count). The van der Waals surface area contributed by atoms with Crippen molar-refractivity contribution in [3.63, 3.8) is 0 Å². The van der Waals surface area contributed by atoms with Crippen LogP contribution in [0.2, 0.25) is 0 Å². The largest absolute Gasteiger partial charge is 0.471 e. The van der Waals surface area contributed by atoms with Crippen LogP contribution in [0, 0.1) is 10.8 Å². The normalized spacial score (nSPS) is 11.3. The number of aliphatic imine (C=N–C) groups is 2. The van der Waals surface area contributed by atoms with Gasteiger partial charge in [0.2, 0.25) is 0 Å². The van der Waals surface area contributed by atoms with Gasteiger partial charge in [-0.2, -0.15) is 0 Å². The molecule has 0 saturated heterocycles. The van der Waals surface area contributed by atoms with Crippen molar-refractivity contribution in [1.29, 1.82) is 10.8 Å². The molecule has 0 unspecified atom stereocenters. The van der Waals surface area contributed by atoms with Crippen molar-refractivity contribution in [3.05, 3.63) is 23.7 Å². The average Bonchev–Trinajstić information content (AvgIpc) is 2.65. The zero-order valence-corrected chi connectivity index (χ0v) is 9.18. The lowest BCUT2D eigenvalue weighted by Gasteiger charge is -1.92. The predicted octanol–water partition coefficient (Wildman–Crippen LogP) is -0.0107. The third-order valence-electron chi connectivity index (χ3n) is 1.71. The summed E-state index contributed by atoms with van der Waals surface area (Å²) in [7, 11) is 0. The minimum absolute atomic E-state index is 0.00320. The first-order chi connectivity index (χ1) is 8.09. The number of nitrogens with zero attached hydrogens (tertiary/aromatic N) is 2. The molecule has 90 valence electrons. The van der Waals surface area contributed by atoms with Gasteiger partial charge in [0.1, 0.15) is 11.7 Å². The highest BCUT2D eigenvalue weighted by atomic mass is 16.3. The third kappa shape index (κ3) is 4.74. The summed E-state index contributed by atoms with van der Waals surface area (Å²) in [5, 5.41) is 14.0. The Morgan fingerprint density at radius 3 is 1.82 bits per heavy atom. The Kier molecular flexibility index (Phi) is 4.61. The molecule has 0 radical (unpaired) electrons. The number of nitrogens with two attached hydrogens (primary N) is 2. The number of hydrogen-bond acceptors (Lipinski definition) is 5. The molecule has 0 spiro atoms. The monoisotopic (exact) mass is 234 g/mol. The first-order valence-electron chi connectivity index (χ1n) is 4.81. The summed E-state index contributed by atoms with van der Waals surface area (Å²) in [4.78, 5) is 7.91. The summed E-state index contributed by atoms with van der Waals surface area (Å²) in [6.45, 7) is 0.296. The smallest absolute Gasteiger partial charge is 0.113 e. The molecule has 0 aliphatic carbocycles. The van der Waals surface area contributed by atoms with E-state index in [1.54, 1.807) is 12.4 Å². The maximum atomic E-state index is 7.01. The van der Waals surface area contributed by atoms with E-state index in [4.69, 9.17) is 26.7 Å². The molecule has 7 heteroatoms. The van der Waals surface area contributed by atoms with Gasteiger partial charge in [-0.3, -0.25) is 20.8 Å². The molecule has 1 aromatic heterocycles. The van der Waals surface area contributed by atoms with E-state index in [1.165, 1.54) is 12.5 Å². The second-order valence-electron chi connectivity index (χ2n) is 3.27. The van der Waals surface area contributed by atoms with Gasteiger partial charge < -0.3 is 15.9 Å². The minimum atomic E-state index is -0.00320. The average molecular weight is 234 g/mol. The molecule has 7 nitrogen and oxygen atoms in total. The Morgan fingerprint density at radius 2 is 1.47 bits per heavy atom. The van der Waals surface area contributed by atoms with E-state index in [9.17, 15) is 0 Å². The molecule has 1 heterocycles. The maximum Gasteiger partial charge on any atom is 0.113 e. The van der Waals surface area contributed by atoms with Crippen LogP contribution in [0.3, 0.4) is 0 Å².